The third-order valence-corrected chi connectivity index (χ3v) is 1.84. The van der Waals surface area contributed by atoms with Crippen molar-refractivity contribution in [1.29, 1.82) is 0 Å². The maximum absolute atomic E-state index is 10.8. The summed E-state index contributed by atoms with van der Waals surface area (Å²) in [7, 11) is 3.45. The van der Waals surface area contributed by atoms with Gasteiger partial charge in [0.25, 0.3) is 0 Å². The van der Waals surface area contributed by atoms with E-state index in [1.165, 1.54) is 0 Å². The van der Waals surface area contributed by atoms with E-state index in [0.29, 0.717) is 0 Å². The summed E-state index contributed by atoms with van der Waals surface area (Å²) in [5, 5.41) is 27.7. The van der Waals surface area contributed by atoms with E-state index in [9.17, 15) is 15.0 Å². The van der Waals surface area contributed by atoms with Crippen molar-refractivity contribution in [2.75, 3.05) is 20.6 Å². The summed E-state index contributed by atoms with van der Waals surface area (Å²) in [6.07, 6.45) is -2.22. The fourth-order valence-electron chi connectivity index (χ4n) is 1.20. The standard InChI is InChI=1S/C8H13NO5/c1-9(2)3-4(10)7-5(11)6(12)8(13)14-7/h4,7,10-12H,3H2,1-2H3/t4-,7-/m1/s1. The topological polar surface area (TPSA) is 90.2 Å². The Hall–Kier alpha value is -1.27. The number of hydrogen-bond donors (Lipinski definition) is 3. The minimum atomic E-state index is -1.16. The fourth-order valence-corrected chi connectivity index (χ4v) is 1.20. The van der Waals surface area contributed by atoms with Gasteiger partial charge in [0, 0.05) is 6.54 Å². The molecular formula is C8H13NO5. The third kappa shape index (κ3) is 1.97. The van der Waals surface area contributed by atoms with E-state index in [1.807, 2.05) is 0 Å². The first-order valence-corrected chi connectivity index (χ1v) is 4.09. The van der Waals surface area contributed by atoms with Gasteiger partial charge >= 0.3 is 5.97 Å². The van der Waals surface area contributed by atoms with Crippen molar-refractivity contribution in [1.82, 2.24) is 4.90 Å². The van der Waals surface area contributed by atoms with Gasteiger partial charge in [-0.25, -0.2) is 4.79 Å². The van der Waals surface area contributed by atoms with Crippen molar-refractivity contribution < 1.29 is 24.9 Å². The van der Waals surface area contributed by atoms with Gasteiger partial charge in [0.2, 0.25) is 5.76 Å². The molecule has 1 aliphatic heterocycles. The number of hydrogen-bond acceptors (Lipinski definition) is 6. The molecule has 0 aliphatic carbocycles. The van der Waals surface area contributed by atoms with Crippen molar-refractivity contribution in [2.45, 2.75) is 12.2 Å². The summed E-state index contributed by atoms with van der Waals surface area (Å²) >= 11 is 0. The Labute approximate surface area is 81.0 Å². The predicted octanol–water partition coefficient (Wildman–Crippen LogP) is -0.838. The molecule has 0 amide bonds. The number of carbonyl (C=O) groups excluding carboxylic acids is 1. The SMILES string of the molecule is CN(C)C[C@@H](O)[C@H]1OC(=O)C(O)=C1O. The molecule has 80 valence electrons. The molecule has 0 saturated carbocycles. The molecule has 0 aromatic rings. The molecule has 0 unspecified atom stereocenters. The molecule has 0 radical (unpaired) electrons. The Balaban J connectivity index is 2.68. The van der Waals surface area contributed by atoms with Gasteiger partial charge in [-0.15, -0.1) is 0 Å². The second kappa shape index (κ2) is 3.85. The maximum Gasteiger partial charge on any atom is 0.377 e. The zero-order chi connectivity index (χ0) is 10.9. The van der Waals surface area contributed by atoms with Crippen LogP contribution < -0.4 is 0 Å². The van der Waals surface area contributed by atoms with Crippen LogP contribution in [0.15, 0.2) is 11.5 Å². The summed E-state index contributed by atoms with van der Waals surface area (Å²) in [6, 6.07) is 0. The third-order valence-electron chi connectivity index (χ3n) is 1.84. The zero-order valence-corrected chi connectivity index (χ0v) is 7.97. The molecule has 0 aromatic heterocycles. The molecular weight excluding hydrogens is 190 g/mol. The second-order valence-electron chi connectivity index (χ2n) is 3.39. The summed E-state index contributed by atoms with van der Waals surface area (Å²) in [5.74, 6) is -2.44. The van der Waals surface area contributed by atoms with Crippen molar-refractivity contribution >= 4 is 5.97 Å². The van der Waals surface area contributed by atoms with Crippen LogP contribution in [0.5, 0.6) is 0 Å². The van der Waals surface area contributed by atoms with Gasteiger partial charge in [-0.1, -0.05) is 0 Å². The lowest BCUT2D eigenvalue weighted by Gasteiger charge is -2.20. The first kappa shape index (κ1) is 10.8. The first-order chi connectivity index (χ1) is 6.43. The monoisotopic (exact) mass is 203 g/mol. The molecule has 3 N–H and O–H groups in total. The lowest BCUT2D eigenvalue weighted by atomic mass is 10.1. The number of aliphatic hydroxyl groups is 3. The van der Waals surface area contributed by atoms with Gasteiger partial charge in [-0.05, 0) is 14.1 Å². The number of carbonyl (C=O) groups is 1. The molecule has 0 saturated heterocycles. The number of nitrogens with zero attached hydrogens (tertiary/aromatic N) is 1. The molecule has 6 heteroatoms. The molecule has 1 heterocycles. The number of cyclic esters (lactones) is 1. The lowest BCUT2D eigenvalue weighted by molar-refractivity contribution is -0.147. The van der Waals surface area contributed by atoms with Gasteiger partial charge in [-0.3, -0.25) is 0 Å². The second-order valence-corrected chi connectivity index (χ2v) is 3.39. The normalized spacial score (nSPS) is 24.3. The van der Waals surface area contributed by atoms with Crippen LogP contribution in [-0.4, -0.2) is 59.0 Å². The number of likely N-dealkylation sites (N-methyl/N-ethyl adjacent to an activating group) is 1. The van der Waals surface area contributed by atoms with E-state index in [4.69, 9.17) is 5.11 Å². The minimum Gasteiger partial charge on any atom is -0.505 e. The highest BCUT2D eigenvalue weighted by molar-refractivity contribution is 5.89. The van der Waals surface area contributed by atoms with E-state index in [2.05, 4.69) is 4.74 Å². The smallest absolute Gasteiger partial charge is 0.377 e. The summed E-state index contributed by atoms with van der Waals surface area (Å²) < 4.78 is 4.56. The number of esters is 1. The van der Waals surface area contributed by atoms with Crippen LogP contribution in [0.2, 0.25) is 0 Å². The molecule has 14 heavy (non-hydrogen) atoms. The number of aliphatic hydroxyl groups excluding tert-OH is 3. The average Bonchev–Trinajstić information content (AvgIpc) is 2.32. The molecule has 2 atom stereocenters. The van der Waals surface area contributed by atoms with Crippen LogP contribution in [-0.2, 0) is 9.53 Å². The van der Waals surface area contributed by atoms with Gasteiger partial charge < -0.3 is 25.0 Å². The Morgan fingerprint density at radius 2 is 2.07 bits per heavy atom. The zero-order valence-electron chi connectivity index (χ0n) is 7.97. The highest BCUT2D eigenvalue weighted by atomic mass is 16.6. The van der Waals surface area contributed by atoms with Crippen molar-refractivity contribution in [2.24, 2.45) is 0 Å². The molecule has 1 aliphatic rings. The quantitative estimate of drug-likeness (QED) is 0.518. The minimum absolute atomic E-state index is 0.218. The van der Waals surface area contributed by atoms with Crippen LogP contribution in [0.25, 0.3) is 0 Å². The van der Waals surface area contributed by atoms with Crippen LogP contribution >= 0.6 is 0 Å². The highest BCUT2D eigenvalue weighted by Gasteiger charge is 2.39. The van der Waals surface area contributed by atoms with Gasteiger partial charge in [-0.2, -0.15) is 0 Å². The first-order valence-electron chi connectivity index (χ1n) is 4.09. The van der Waals surface area contributed by atoms with Crippen molar-refractivity contribution in [3.63, 3.8) is 0 Å². The Morgan fingerprint density at radius 1 is 1.50 bits per heavy atom. The lowest BCUT2D eigenvalue weighted by Crippen LogP contribution is -2.37. The van der Waals surface area contributed by atoms with Gasteiger partial charge in [0.15, 0.2) is 11.9 Å². The summed E-state index contributed by atoms with van der Waals surface area (Å²) in [6.45, 7) is 0.218. The van der Waals surface area contributed by atoms with E-state index in [0.717, 1.165) is 0 Å². The summed E-state index contributed by atoms with van der Waals surface area (Å²) in [5.41, 5.74) is 0. The molecule has 0 fully saturated rings. The van der Waals surface area contributed by atoms with Crippen LogP contribution in [0.1, 0.15) is 0 Å². The van der Waals surface area contributed by atoms with E-state index in [-0.39, 0.29) is 6.54 Å². The van der Waals surface area contributed by atoms with Crippen LogP contribution in [0.3, 0.4) is 0 Å². The molecule has 1 rings (SSSR count). The Bertz CT molecular complexity index is 273. The molecule has 0 aromatic carbocycles. The fraction of sp³-hybridized carbons (Fsp3) is 0.625. The van der Waals surface area contributed by atoms with Crippen molar-refractivity contribution in [3.8, 4) is 0 Å². The average molecular weight is 203 g/mol. The molecule has 0 spiro atoms. The Morgan fingerprint density at radius 3 is 2.43 bits per heavy atom. The van der Waals surface area contributed by atoms with Gasteiger partial charge in [0.05, 0.1) is 0 Å². The van der Waals surface area contributed by atoms with E-state index < -0.39 is 29.7 Å². The molecule has 0 bridgehead atoms. The number of rotatable bonds is 3. The Kier molecular flexibility index (Phi) is 2.97. The van der Waals surface area contributed by atoms with Crippen LogP contribution in [0, 0.1) is 0 Å². The maximum atomic E-state index is 10.8. The highest BCUT2D eigenvalue weighted by Crippen LogP contribution is 2.21. The van der Waals surface area contributed by atoms with Gasteiger partial charge in [0.1, 0.15) is 6.10 Å². The largest absolute Gasteiger partial charge is 0.505 e. The van der Waals surface area contributed by atoms with E-state index >= 15 is 0 Å². The van der Waals surface area contributed by atoms with E-state index in [1.54, 1.807) is 19.0 Å². The van der Waals surface area contributed by atoms with Crippen molar-refractivity contribution in [3.05, 3.63) is 11.5 Å². The molecule has 6 nitrogen and oxygen atoms in total. The van der Waals surface area contributed by atoms with Crippen LogP contribution in [0.4, 0.5) is 0 Å². The summed E-state index contributed by atoms with van der Waals surface area (Å²) in [4.78, 5) is 12.4. The predicted molar refractivity (Wildman–Crippen MR) is 46.7 cm³/mol. The number of ether oxygens (including phenoxy) is 1.